The van der Waals surface area contributed by atoms with Crippen LogP contribution in [0.3, 0.4) is 0 Å². The van der Waals surface area contributed by atoms with Gasteiger partial charge in [0.1, 0.15) is 0 Å². The summed E-state index contributed by atoms with van der Waals surface area (Å²) < 4.78 is 0. The van der Waals surface area contributed by atoms with Gasteiger partial charge in [-0.05, 0) is 4.92 Å². The lowest BCUT2D eigenvalue weighted by molar-refractivity contribution is -0.427. The number of hydrogen-bond donors (Lipinski definition) is 2. The van der Waals surface area contributed by atoms with Gasteiger partial charge in [0.15, 0.2) is 6.20 Å². The van der Waals surface area contributed by atoms with Crippen LogP contribution in [0.2, 0.25) is 0 Å². The third-order valence-electron chi connectivity index (χ3n) is 0.345. The van der Waals surface area contributed by atoms with Crippen LogP contribution in [0, 0.1) is 16.3 Å². The molecule has 0 aromatic carbocycles. The second-order valence-electron chi connectivity index (χ2n) is 0.787. The van der Waals surface area contributed by atoms with Crippen LogP contribution >= 0.6 is 0 Å². The van der Waals surface area contributed by atoms with E-state index in [1.807, 2.05) is 0 Å². The molecule has 0 heterocycles. The third-order valence-corrected chi connectivity index (χ3v) is 0.345. The van der Waals surface area contributed by atoms with E-state index < -0.39 is 10.7 Å². The van der Waals surface area contributed by atoms with E-state index in [1.54, 1.807) is 6.20 Å². The van der Waals surface area contributed by atoms with E-state index in [1.165, 1.54) is 0 Å². The Hall–Kier alpha value is -1.26. The molecule has 0 aromatic rings. The molecule has 0 aliphatic carbocycles. The molecule has 5 heteroatoms. The molecule has 0 saturated carbocycles. The first-order valence-electron chi connectivity index (χ1n) is 1.42. The van der Waals surface area contributed by atoms with Crippen LogP contribution in [0.5, 0.6) is 0 Å². The minimum absolute atomic E-state index is 0.653. The fraction of sp³-hybridized carbons (Fsp3) is 0. The summed E-state index contributed by atoms with van der Waals surface area (Å²) in [5.74, 6) is -0.653. The lowest BCUT2D eigenvalue weighted by Gasteiger charge is -1.86. The molecule has 0 rings (SSSR count). The molecule has 0 bridgehead atoms. The average Bonchev–Trinajstić information content (AvgIpc) is 1.65. The van der Waals surface area contributed by atoms with E-state index in [4.69, 9.17) is 0 Å². The van der Waals surface area contributed by atoms with Gasteiger partial charge in [-0.2, -0.15) is 0 Å². The Balaban J connectivity index is 3.82. The molecule has 0 spiro atoms. The zero-order chi connectivity index (χ0) is 5.86. The topological polar surface area (TPSA) is 95.2 Å². The van der Waals surface area contributed by atoms with Crippen LogP contribution in [0.4, 0.5) is 0 Å². The largest absolute Gasteiger partial charge is 0.390 e. The normalized spacial score (nSPS) is 11.1. The minimum Gasteiger partial charge on any atom is -0.390 e. The van der Waals surface area contributed by atoms with Crippen LogP contribution < -0.4 is 11.5 Å². The summed E-state index contributed by atoms with van der Waals surface area (Å²) in [4.78, 5) is 8.61. The second-order valence-corrected chi connectivity index (χ2v) is 0.787. The van der Waals surface area contributed by atoms with Crippen molar-refractivity contribution in [3.05, 3.63) is 22.1 Å². The second kappa shape index (κ2) is 2.01. The molecule has 0 atom stereocenters. The molecular formula is C2H4N3O2. The number of nitrogens with two attached hydrogens (primary N) is 2. The zero-order valence-electron chi connectivity index (χ0n) is 3.42. The van der Waals surface area contributed by atoms with Crippen LogP contribution in [0.25, 0.3) is 0 Å². The van der Waals surface area contributed by atoms with Crippen molar-refractivity contribution in [2.45, 2.75) is 0 Å². The van der Waals surface area contributed by atoms with Gasteiger partial charge in [-0.1, -0.05) is 0 Å². The van der Waals surface area contributed by atoms with E-state index in [2.05, 4.69) is 11.5 Å². The van der Waals surface area contributed by atoms with Gasteiger partial charge < -0.3 is 15.8 Å². The smallest absolute Gasteiger partial charge is 0.339 e. The molecule has 4 N–H and O–H groups in total. The Morgan fingerprint density at radius 2 is 2.29 bits per heavy atom. The summed E-state index contributed by atoms with van der Waals surface area (Å²) in [6.45, 7) is 0. The molecule has 0 aromatic heterocycles. The Labute approximate surface area is 39.7 Å². The molecule has 39 valence electrons. The van der Waals surface area contributed by atoms with Crippen molar-refractivity contribution < 1.29 is 4.92 Å². The van der Waals surface area contributed by atoms with Crippen molar-refractivity contribution >= 4 is 0 Å². The van der Waals surface area contributed by atoms with Crippen molar-refractivity contribution in [2.75, 3.05) is 0 Å². The van der Waals surface area contributed by atoms with Crippen molar-refractivity contribution in [1.29, 1.82) is 0 Å². The van der Waals surface area contributed by atoms with E-state index >= 15 is 0 Å². The molecular weight excluding hydrogens is 98.0 g/mol. The van der Waals surface area contributed by atoms with Crippen molar-refractivity contribution in [3.63, 3.8) is 0 Å². The maximum Gasteiger partial charge on any atom is 0.339 e. The monoisotopic (exact) mass is 102 g/mol. The lowest BCUT2D eigenvalue weighted by Crippen LogP contribution is -2.10. The van der Waals surface area contributed by atoms with Gasteiger partial charge in [0.25, 0.3) is 0 Å². The molecule has 0 aliphatic rings. The van der Waals surface area contributed by atoms with Gasteiger partial charge in [-0.3, -0.25) is 5.73 Å². The minimum atomic E-state index is -0.819. The fourth-order valence-electron chi connectivity index (χ4n) is 0.0527. The number of hydrogen-bond acceptors (Lipinski definition) is 4. The van der Waals surface area contributed by atoms with Gasteiger partial charge in [-0.25, -0.2) is 0 Å². The SMILES string of the molecule is N[C]=C(N)[N+](=O)[O-]. The molecule has 1 radical (unpaired) electrons. The standard InChI is InChI=1S/C2H4N3O2/c3-1-2(4)5(6)7/h3-4H2. The van der Waals surface area contributed by atoms with Gasteiger partial charge in [0.2, 0.25) is 0 Å². The maximum absolute atomic E-state index is 9.43. The Morgan fingerprint density at radius 1 is 1.86 bits per heavy atom. The highest BCUT2D eigenvalue weighted by molar-refractivity contribution is 4.70. The van der Waals surface area contributed by atoms with Gasteiger partial charge >= 0.3 is 5.82 Å². The molecule has 5 nitrogen and oxygen atoms in total. The van der Waals surface area contributed by atoms with Gasteiger partial charge in [0.05, 0.1) is 0 Å². The number of nitro groups is 1. The Kier molecular flexibility index (Phi) is 1.65. The molecule has 0 fully saturated rings. The fourth-order valence-corrected chi connectivity index (χ4v) is 0.0527. The van der Waals surface area contributed by atoms with E-state index in [9.17, 15) is 10.1 Å². The zero-order valence-corrected chi connectivity index (χ0v) is 3.42. The predicted molar refractivity (Wildman–Crippen MR) is 22.1 cm³/mol. The summed E-state index contributed by atoms with van der Waals surface area (Å²) >= 11 is 0. The van der Waals surface area contributed by atoms with E-state index in [0.717, 1.165) is 0 Å². The number of rotatable bonds is 1. The summed E-state index contributed by atoms with van der Waals surface area (Å²) in [6.07, 6.45) is 1.66. The predicted octanol–water partition coefficient (Wildman–Crippen LogP) is -1.22. The summed E-state index contributed by atoms with van der Waals surface area (Å²) in [5, 5.41) is 9.43. The average molecular weight is 102 g/mol. The first kappa shape index (κ1) is 5.74. The van der Waals surface area contributed by atoms with Crippen LogP contribution in [0.15, 0.2) is 5.82 Å². The summed E-state index contributed by atoms with van der Waals surface area (Å²) in [5.41, 5.74) is 9.12. The van der Waals surface area contributed by atoms with Crippen molar-refractivity contribution in [1.82, 2.24) is 0 Å². The maximum atomic E-state index is 9.43. The quantitative estimate of drug-likeness (QED) is 0.246. The lowest BCUT2D eigenvalue weighted by atomic mass is 10.8. The highest BCUT2D eigenvalue weighted by atomic mass is 16.6. The highest BCUT2D eigenvalue weighted by Crippen LogP contribution is 1.74. The first-order valence-corrected chi connectivity index (χ1v) is 1.42. The summed E-state index contributed by atoms with van der Waals surface area (Å²) in [6, 6.07) is 0. The Morgan fingerprint density at radius 3 is 2.29 bits per heavy atom. The van der Waals surface area contributed by atoms with Crippen LogP contribution in [-0.2, 0) is 0 Å². The molecule has 0 saturated heterocycles. The first-order chi connectivity index (χ1) is 3.18. The third kappa shape index (κ3) is 1.58. The van der Waals surface area contributed by atoms with Crippen molar-refractivity contribution in [3.8, 4) is 0 Å². The van der Waals surface area contributed by atoms with Crippen molar-refractivity contribution in [2.24, 2.45) is 11.5 Å². The molecule has 0 aliphatic heterocycles. The summed E-state index contributed by atoms with van der Waals surface area (Å²) in [7, 11) is 0. The van der Waals surface area contributed by atoms with E-state index in [0.29, 0.717) is 0 Å². The van der Waals surface area contributed by atoms with Crippen LogP contribution in [0.1, 0.15) is 0 Å². The number of nitrogens with zero attached hydrogens (tertiary/aromatic N) is 1. The van der Waals surface area contributed by atoms with E-state index in [-0.39, 0.29) is 0 Å². The van der Waals surface area contributed by atoms with Gasteiger partial charge in [-0.15, -0.1) is 0 Å². The Bertz CT molecular complexity index is 108. The van der Waals surface area contributed by atoms with Gasteiger partial charge in [0, 0.05) is 0 Å². The highest BCUT2D eigenvalue weighted by Gasteiger charge is 1.93. The molecule has 0 unspecified atom stereocenters. The molecule has 7 heavy (non-hydrogen) atoms. The van der Waals surface area contributed by atoms with Crippen LogP contribution in [-0.4, -0.2) is 4.92 Å². The molecule has 0 amide bonds.